The summed E-state index contributed by atoms with van der Waals surface area (Å²) in [6.07, 6.45) is 1.31. The summed E-state index contributed by atoms with van der Waals surface area (Å²) in [6, 6.07) is 5.67. The van der Waals surface area contributed by atoms with Crippen LogP contribution in [0.2, 0.25) is 0 Å². The van der Waals surface area contributed by atoms with E-state index in [1.54, 1.807) is 0 Å². The Bertz CT molecular complexity index is 624. The number of anilines is 1. The first kappa shape index (κ1) is 18.5. The van der Waals surface area contributed by atoms with Crippen LogP contribution in [0.5, 0.6) is 0 Å². The molecule has 0 aliphatic carbocycles. The molecule has 0 aliphatic rings. The first-order chi connectivity index (χ1) is 10.1. The fraction of sp³-hybridized carbons (Fsp3) is 0.562. The zero-order valence-corrected chi connectivity index (χ0v) is 14.8. The minimum Gasteiger partial charge on any atom is -0.356 e. The first-order valence-corrected chi connectivity index (χ1v) is 9.27. The van der Waals surface area contributed by atoms with E-state index in [-0.39, 0.29) is 18.9 Å². The molecule has 6 heteroatoms. The summed E-state index contributed by atoms with van der Waals surface area (Å²) in [5.41, 5.74) is 2.50. The smallest absolute Gasteiger partial charge is 0.232 e. The second kappa shape index (κ2) is 7.63. The molecule has 0 radical (unpaired) electrons. The van der Waals surface area contributed by atoms with E-state index in [1.807, 2.05) is 45.9 Å². The van der Waals surface area contributed by atoms with Crippen LogP contribution in [0, 0.1) is 19.8 Å². The number of hydrogen-bond donors (Lipinski definition) is 1. The van der Waals surface area contributed by atoms with Crippen LogP contribution in [0.1, 0.15) is 31.4 Å². The van der Waals surface area contributed by atoms with Gasteiger partial charge in [0.25, 0.3) is 0 Å². The SMILES string of the molecule is Cc1ccc(C)c(N(CCC(=O)NCC(C)C)S(C)(=O)=O)c1. The van der Waals surface area contributed by atoms with E-state index < -0.39 is 10.0 Å². The van der Waals surface area contributed by atoms with E-state index in [2.05, 4.69) is 5.32 Å². The van der Waals surface area contributed by atoms with Gasteiger partial charge in [-0.1, -0.05) is 26.0 Å². The Morgan fingerprint density at radius 3 is 2.45 bits per heavy atom. The highest BCUT2D eigenvalue weighted by Crippen LogP contribution is 2.24. The average Bonchev–Trinajstić information content (AvgIpc) is 2.39. The quantitative estimate of drug-likeness (QED) is 0.835. The minimum atomic E-state index is -3.43. The summed E-state index contributed by atoms with van der Waals surface area (Å²) in [6.45, 7) is 8.55. The second-order valence-electron chi connectivity index (χ2n) is 6.07. The topological polar surface area (TPSA) is 66.5 Å². The van der Waals surface area contributed by atoms with E-state index in [0.717, 1.165) is 11.1 Å². The number of hydrogen-bond acceptors (Lipinski definition) is 3. The molecule has 1 N–H and O–H groups in total. The zero-order chi connectivity index (χ0) is 16.9. The van der Waals surface area contributed by atoms with Crippen molar-refractivity contribution in [1.82, 2.24) is 5.32 Å². The Hall–Kier alpha value is -1.56. The Kier molecular flexibility index (Phi) is 6.41. The van der Waals surface area contributed by atoms with Crippen LogP contribution >= 0.6 is 0 Å². The van der Waals surface area contributed by atoms with Crippen molar-refractivity contribution in [2.45, 2.75) is 34.1 Å². The Labute approximate surface area is 133 Å². The van der Waals surface area contributed by atoms with Crippen LogP contribution in [0.3, 0.4) is 0 Å². The van der Waals surface area contributed by atoms with Crippen LogP contribution in [0.25, 0.3) is 0 Å². The van der Waals surface area contributed by atoms with E-state index in [1.165, 1.54) is 10.6 Å². The monoisotopic (exact) mass is 326 g/mol. The van der Waals surface area contributed by atoms with Crippen LogP contribution in [-0.2, 0) is 14.8 Å². The molecule has 0 spiro atoms. The number of rotatable bonds is 7. The number of aryl methyl sites for hydroxylation is 2. The van der Waals surface area contributed by atoms with Gasteiger partial charge >= 0.3 is 0 Å². The van der Waals surface area contributed by atoms with Crippen molar-refractivity contribution < 1.29 is 13.2 Å². The summed E-state index contributed by atoms with van der Waals surface area (Å²) < 4.78 is 25.4. The third-order valence-corrected chi connectivity index (χ3v) is 4.46. The molecule has 0 heterocycles. The lowest BCUT2D eigenvalue weighted by atomic mass is 10.1. The Morgan fingerprint density at radius 2 is 1.91 bits per heavy atom. The van der Waals surface area contributed by atoms with Gasteiger partial charge in [0.05, 0.1) is 11.9 Å². The number of carbonyl (C=O) groups excluding carboxylic acids is 1. The molecule has 0 atom stereocenters. The van der Waals surface area contributed by atoms with Gasteiger partial charge in [0, 0.05) is 19.5 Å². The van der Waals surface area contributed by atoms with Gasteiger partial charge < -0.3 is 5.32 Å². The van der Waals surface area contributed by atoms with E-state index in [4.69, 9.17) is 0 Å². The van der Waals surface area contributed by atoms with Crippen molar-refractivity contribution in [3.05, 3.63) is 29.3 Å². The van der Waals surface area contributed by atoms with Gasteiger partial charge in [-0.2, -0.15) is 0 Å². The molecule has 0 aromatic heterocycles. The minimum absolute atomic E-state index is 0.132. The van der Waals surface area contributed by atoms with Crippen LogP contribution in [0.4, 0.5) is 5.69 Å². The van der Waals surface area contributed by atoms with E-state index >= 15 is 0 Å². The molecule has 0 saturated carbocycles. The summed E-state index contributed by atoms with van der Waals surface area (Å²) in [5, 5.41) is 2.81. The van der Waals surface area contributed by atoms with Gasteiger partial charge in [0.2, 0.25) is 15.9 Å². The maximum absolute atomic E-state index is 12.1. The molecule has 124 valence electrons. The summed E-state index contributed by atoms with van der Waals surface area (Å²) >= 11 is 0. The number of sulfonamides is 1. The second-order valence-corrected chi connectivity index (χ2v) is 7.98. The van der Waals surface area contributed by atoms with Crippen molar-refractivity contribution in [3.63, 3.8) is 0 Å². The molecular formula is C16H26N2O3S. The molecule has 0 unspecified atom stereocenters. The number of carbonyl (C=O) groups is 1. The molecule has 1 rings (SSSR count). The number of amides is 1. The lowest BCUT2D eigenvalue weighted by Crippen LogP contribution is -2.36. The number of nitrogens with one attached hydrogen (secondary N) is 1. The molecule has 0 aliphatic heterocycles. The Balaban J connectivity index is 2.88. The molecule has 0 fully saturated rings. The normalized spacial score (nSPS) is 11.5. The van der Waals surface area contributed by atoms with Crippen LogP contribution in [-0.4, -0.2) is 33.7 Å². The van der Waals surface area contributed by atoms with Gasteiger partial charge in [-0.25, -0.2) is 8.42 Å². The highest BCUT2D eigenvalue weighted by molar-refractivity contribution is 7.92. The van der Waals surface area contributed by atoms with Crippen LogP contribution in [0.15, 0.2) is 18.2 Å². The highest BCUT2D eigenvalue weighted by Gasteiger charge is 2.20. The first-order valence-electron chi connectivity index (χ1n) is 7.43. The number of nitrogens with zero attached hydrogens (tertiary/aromatic N) is 1. The fourth-order valence-electron chi connectivity index (χ4n) is 2.06. The molecule has 1 amide bonds. The Morgan fingerprint density at radius 1 is 1.27 bits per heavy atom. The third-order valence-electron chi connectivity index (χ3n) is 3.28. The van der Waals surface area contributed by atoms with E-state index in [9.17, 15) is 13.2 Å². The molecule has 1 aromatic carbocycles. The lowest BCUT2D eigenvalue weighted by Gasteiger charge is -2.24. The largest absolute Gasteiger partial charge is 0.356 e. The van der Waals surface area contributed by atoms with Gasteiger partial charge in [-0.05, 0) is 37.0 Å². The van der Waals surface area contributed by atoms with Crippen molar-refractivity contribution in [3.8, 4) is 0 Å². The van der Waals surface area contributed by atoms with Crippen molar-refractivity contribution in [2.75, 3.05) is 23.7 Å². The predicted octanol–water partition coefficient (Wildman–Crippen LogP) is 2.23. The van der Waals surface area contributed by atoms with Crippen molar-refractivity contribution >= 4 is 21.6 Å². The summed E-state index contributed by atoms with van der Waals surface area (Å²) in [4.78, 5) is 11.8. The summed E-state index contributed by atoms with van der Waals surface area (Å²) in [5.74, 6) is 0.238. The number of benzene rings is 1. The fourth-order valence-corrected chi connectivity index (χ4v) is 3.04. The average molecular weight is 326 g/mol. The molecular weight excluding hydrogens is 300 g/mol. The lowest BCUT2D eigenvalue weighted by molar-refractivity contribution is -0.121. The van der Waals surface area contributed by atoms with Crippen LogP contribution < -0.4 is 9.62 Å². The van der Waals surface area contributed by atoms with Gasteiger partial charge in [-0.3, -0.25) is 9.10 Å². The standard InChI is InChI=1S/C16H26N2O3S/c1-12(2)11-17-16(19)8-9-18(22(5,20)21)15-10-13(3)6-7-14(15)4/h6-7,10,12H,8-9,11H2,1-5H3,(H,17,19). The van der Waals surface area contributed by atoms with Gasteiger partial charge in [-0.15, -0.1) is 0 Å². The molecule has 5 nitrogen and oxygen atoms in total. The molecule has 1 aromatic rings. The molecule has 0 saturated heterocycles. The highest BCUT2D eigenvalue weighted by atomic mass is 32.2. The van der Waals surface area contributed by atoms with E-state index in [0.29, 0.717) is 18.2 Å². The molecule has 22 heavy (non-hydrogen) atoms. The van der Waals surface area contributed by atoms with Gasteiger partial charge in [0.1, 0.15) is 0 Å². The van der Waals surface area contributed by atoms with Gasteiger partial charge in [0.15, 0.2) is 0 Å². The maximum Gasteiger partial charge on any atom is 0.232 e. The van der Waals surface area contributed by atoms with Crippen molar-refractivity contribution in [2.24, 2.45) is 5.92 Å². The van der Waals surface area contributed by atoms with Crippen molar-refractivity contribution in [1.29, 1.82) is 0 Å². The summed E-state index contributed by atoms with van der Waals surface area (Å²) in [7, 11) is -3.43. The zero-order valence-electron chi connectivity index (χ0n) is 14.0. The third kappa shape index (κ3) is 5.67. The predicted molar refractivity (Wildman–Crippen MR) is 90.6 cm³/mol. The maximum atomic E-state index is 12.1. The molecule has 0 bridgehead atoms.